The molecule has 0 saturated carbocycles. The molecular weight excluding hydrogens is 248 g/mol. The van der Waals surface area contributed by atoms with Gasteiger partial charge in [-0.05, 0) is 31.2 Å². The summed E-state index contributed by atoms with van der Waals surface area (Å²) < 4.78 is 0. The van der Waals surface area contributed by atoms with E-state index in [2.05, 4.69) is 29.4 Å². The Morgan fingerprint density at radius 2 is 2.11 bits per heavy atom. The number of nitrogens with zero attached hydrogens (tertiary/aromatic N) is 2. The number of amides is 1. The van der Waals surface area contributed by atoms with E-state index in [-0.39, 0.29) is 11.3 Å². The van der Waals surface area contributed by atoms with Crippen LogP contribution >= 0.6 is 11.3 Å². The Labute approximate surface area is 112 Å². The highest BCUT2D eigenvalue weighted by Crippen LogP contribution is 2.26. The Morgan fingerprint density at radius 3 is 2.67 bits per heavy atom. The lowest BCUT2D eigenvalue weighted by Gasteiger charge is -2.23. The van der Waals surface area contributed by atoms with Crippen LogP contribution in [0.1, 0.15) is 45.0 Å². The van der Waals surface area contributed by atoms with Crippen molar-refractivity contribution in [2.24, 2.45) is 11.1 Å². The smallest absolute Gasteiger partial charge is 0.226 e. The molecule has 0 aliphatic rings. The van der Waals surface area contributed by atoms with Gasteiger partial charge in [-0.15, -0.1) is 10.2 Å². The van der Waals surface area contributed by atoms with Gasteiger partial charge in [-0.3, -0.25) is 4.79 Å². The van der Waals surface area contributed by atoms with Crippen LogP contribution in [-0.2, 0) is 11.2 Å². The molecule has 6 heteroatoms. The first-order chi connectivity index (χ1) is 8.46. The van der Waals surface area contributed by atoms with Crippen LogP contribution in [0.15, 0.2) is 0 Å². The van der Waals surface area contributed by atoms with Crippen molar-refractivity contribution in [1.82, 2.24) is 10.2 Å². The zero-order valence-corrected chi connectivity index (χ0v) is 12.1. The predicted octanol–water partition coefficient (Wildman–Crippen LogP) is 2.19. The maximum atomic E-state index is 11.8. The molecule has 0 radical (unpaired) electrons. The van der Waals surface area contributed by atoms with E-state index in [1.807, 2.05) is 6.92 Å². The summed E-state index contributed by atoms with van der Waals surface area (Å²) >= 11 is 1.43. The maximum absolute atomic E-state index is 11.8. The van der Waals surface area contributed by atoms with Gasteiger partial charge in [0.15, 0.2) is 0 Å². The molecule has 0 saturated heterocycles. The first-order valence-electron chi connectivity index (χ1n) is 6.29. The molecule has 0 spiro atoms. The zero-order valence-electron chi connectivity index (χ0n) is 11.3. The fourth-order valence-electron chi connectivity index (χ4n) is 1.60. The van der Waals surface area contributed by atoms with Gasteiger partial charge in [0.25, 0.3) is 0 Å². The summed E-state index contributed by atoms with van der Waals surface area (Å²) in [6.45, 7) is 6.94. The summed E-state index contributed by atoms with van der Waals surface area (Å²) in [7, 11) is 0. The molecule has 1 heterocycles. The molecule has 18 heavy (non-hydrogen) atoms. The molecule has 0 aliphatic carbocycles. The fraction of sp³-hybridized carbons (Fsp3) is 0.750. The van der Waals surface area contributed by atoms with E-state index >= 15 is 0 Å². The summed E-state index contributed by atoms with van der Waals surface area (Å²) in [6.07, 6.45) is 3.10. The third kappa shape index (κ3) is 5.10. The van der Waals surface area contributed by atoms with Crippen molar-refractivity contribution in [1.29, 1.82) is 0 Å². The lowest BCUT2D eigenvalue weighted by atomic mass is 9.84. The molecule has 1 aromatic heterocycles. The predicted molar refractivity (Wildman–Crippen MR) is 74.6 cm³/mol. The van der Waals surface area contributed by atoms with Crippen molar-refractivity contribution in [3.8, 4) is 0 Å². The number of anilines is 1. The third-order valence-electron chi connectivity index (χ3n) is 2.87. The molecule has 0 fully saturated rings. The van der Waals surface area contributed by atoms with Crippen molar-refractivity contribution < 1.29 is 4.79 Å². The van der Waals surface area contributed by atoms with E-state index < -0.39 is 0 Å². The van der Waals surface area contributed by atoms with E-state index in [4.69, 9.17) is 5.73 Å². The second-order valence-corrected chi connectivity index (χ2v) is 6.17. The van der Waals surface area contributed by atoms with Crippen molar-refractivity contribution in [2.75, 3.05) is 11.9 Å². The van der Waals surface area contributed by atoms with Crippen molar-refractivity contribution >= 4 is 22.4 Å². The van der Waals surface area contributed by atoms with Gasteiger partial charge in [0.1, 0.15) is 5.01 Å². The highest BCUT2D eigenvalue weighted by Gasteiger charge is 2.18. The van der Waals surface area contributed by atoms with Crippen LogP contribution in [0, 0.1) is 5.41 Å². The van der Waals surface area contributed by atoms with Gasteiger partial charge in [-0.25, -0.2) is 0 Å². The number of nitrogens with two attached hydrogens (primary N) is 1. The quantitative estimate of drug-likeness (QED) is 0.796. The van der Waals surface area contributed by atoms with Gasteiger partial charge in [0, 0.05) is 6.42 Å². The number of carbonyl (C=O) groups is 1. The third-order valence-corrected chi connectivity index (χ3v) is 3.85. The van der Waals surface area contributed by atoms with Crippen LogP contribution in [0.3, 0.4) is 0 Å². The summed E-state index contributed by atoms with van der Waals surface area (Å²) in [6, 6.07) is 0. The van der Waals surface area contributed by atoms with E-state index in [9.17, 15) is 4.79 Å². The Balaban J connectivity index is 2.37. The minimum absolute atomic E-state index is 0.00102. The number of hydrogen-bond acceptors (Lipinski definition) is 5. The summed E-state index contributed by atoms with van der Waals surface area (Å²) in [4.78, 5) is 11.8. The summed E-state index contributed by atoms with van der Waals surface area (Å²) in [5.41, 5.74) is 5.66. The van der Waals surface area contributed by atoms with Crippen molar-refractivity contribution in [2.45, 2.75) is 46.5 Å². The Hall–Kier alpha value is -1.01. The van der Waals surface area contributed by atoms with E-state index in [1.54, 1.807) is 0 Å². The van der Waals surface area contributed by atoms with Crippen LogP contribution in [-0.4, -0.2) is 22.6 Å². The number of nitrogens with one attached hydrogen (secondary N) is 1. The molecule has 0 aromatic carbocycles. The van der Waals surface area contributed by atoms with E-state index in [0.29, 0.717) is 18.1 Å². The van der Waals surface area contributed by atoms with Gasteiger partial charge in [-0.2, -0.15) is 0 Å². The molecule has 3 N–H and O–H groups in total. The first-order valence-corrected chi connectivity index (χ1v) is 7.11. The number of aromatic nitrogens is 2. The SMILES string of the molecule is CCc1nnc(NC(=O)CCC(C)(C)CCN)s1. The second-order valence-electron chi connectivity index (χ2n) is 5.11. The molecule has 1 amide bonds. The van der Waals surface area contributed by atoms with E-state index in [0.717, 1.165) is 24.3 Å². The van der Waals surface area contributed by atoms with Crippen LogP contribution < -0.4 is 11.1 Å². The van der Waals surface area contributed by atoms with Gasteiger partial charge in [-0.1, -0.05) is 32.1 Å². The lowest BCUT2D eigenvalue weighted by Crippen LogP contribution is -2.20. The van der Waals surface area contributed by atoms with Gasteiger partial charge in [0.05, 0.1) is 0 Å². The standard InChI is InChI=1S/C12H22N4OS/c1-4-10-15-16-11(18-10)14-9(17)5-6-12(2,3)7-8-13/h4-8,13H2,1-3H3,(H,14,16,17). The van der Waals surface area contributed by atoms with Crippen LogP contribution in [0.4, 0.5) is 5.13 Å². The molecule has 102 valence electrons. The molecule has 5 nitrogen and oxygen atoms in total. The minimum atomic E-state index is -0.00102. The first kappa shape index (κ1) is 15.0. The second kappa shape index (κ2) is 6.80. The number of aryl methyl sites for hydroxylation is 1. The molecule has 1 aromatic rings. The van der Waals surface area contributed by atoms with Crippen LogP contribution in [0.5, 0.6) is 0 Å². The van der Waals surface area contributed by atoms with Crippen LogP contribution in [0.25, 0.3) is 0 Å². The van der Waals surface area contributed by atoms with Gasteiger partial charge < -0.3 is 11.1 Å². The molecule has 1 rings (SSSR count). The average Bonchev–Trinajstić information content (AvgIpc) is 2.74. The Kier molecular flexibility index (Phi) is 5.68. The highest BCUT2D eigenvalue weighted by molar-refractivity contribution is 7.15. The normalized spacial score (nSPS) is 11.6. The molecule has 0 bridgehead atoms. The monoisotopic (exact) mass is 270 g/mol. The molecule has 0 atom stereocenters. The molecular formula is C12H22N4OS. The topological polar surface area (TPSA) is 80.9 Å². The molecule has 0 unspecified atom stereocenters. The Bertz CT molecular complexity index is 389. The highest BCUT2D eigenvalue weighted by atomic mass is 32.1. The minimum Gasteiger partial charge on any atom is -0.330 e. The zero-order chi connectivity index (χ0) is 13.6. The van der Waals surface area contributed by atoms with Crippen molar-refractivity contribution in [3.05, 3.63) is 5.01 Å². The number of carbonyl (C=O) groups excluding carboxylic acids is 1. The molecule has 0 aliphatic heterocycles. The lowest BCUT2D eigenvalue weighted by molar-refractivity contribution is -0.116. The fourth-order valence-corrected chi connectivity index (χ4v) is 2.29. The summed E-state index contributed by atoms with van der Waals surface area (Å²) in [5.74, 6) is -0.00102. The Morgan fingerprint density at radius 1 is 1.39 bits per heavy atom. The maximum Gasteiger partial charge on any atom is 0.226 e. The van der Waals surface area contributed by atoms with Crippen molar-refractivity contribution in [3.63, 3.8) is 0 Å². The van der Waals surface area contributed by atoms with Crippen LogP contribution in [0.2, 0.25) is 0 Å². The largest absolute Gasteiger partial charge is 0.330 e. The number of rotatable bonds is 7. The van der Waals surface area contributed by atoms with E-state index in [1.165, 1.54) is 11.3 Å². The average molecular weight is 270 g/mol. The van der Waals surface area contributed by atoms with Gasteiger partial charge in [0.2, 0.25) is 11.0 Å². The van der Waals surface area contributed by atoms with Gasteiger partial charge >= 0.3 is 0 Å². The summed E-state index contributed by atoms with van der Waals surface area (Å²) in [5, 5.41) is 12.2. The number of hydrogen-bond donors (Lipinski definition) is 2.